The zero-order chi connectivity index (χ0) is 18.4. The molecule has 0 aliphatic rings. The van der Waals surface area contributed by atoms with Gasteiger partial charge in [0.25, 0.3) is 5.56 Å². The summed E-state index contributed by atoms with van der Waals surface area (Å²) >= 11 is 0. The molecule has 26 heavy (non-hydrogen) atoms. The second-order valence-electron chi connectivity index (χ2n) is 6.51. The van der Waals surface area contributed by atoms with E-state index in [9.17, 15) is 9.90 Å². The van der Waals surface area contributed by atoms with Crippen molar-refractivity contribution in [2.24, 2.45) is 0 Å². The lowest BCUT2D eigenvalue weighted by Crippen LogP contribution is -2.12. The summed E-state index contributed by atoms with van der Waals surface area (Å²) in [6.07, 6.45) is 0. The maximum atomic E-state index is 12.3. The first-order valence-corrected chi connectivity index (χ1v) is 8.30. The van der Waals surface area contributed by atoms with Gasteiger partial charge in [0.1, 0.15) is 11.6 Å². The van der Waals surface area contributed by atoms with E-state index in [1.807, 2.05) is 51.1 Å². The van der Waals surface area contributed by atoms with E-state index in [1.54, 1.807) is 6.07 Å². The average Bonchev–Trinajstić information content (AvgIpc) is 3.05. The van der Waals surface area contributed by atoms with Crippen molar-refractivity contribution < 1.29 is 5.11 Å². The van der Waals surface area contributed by atoms with Gasteiger partial charge in [-0.15, -0.1) is 0 Å². The van der Waals surface area contributed by atoms with Crippen LogP contribution in [0.3, 0.4) is 0 Å². The van der Waals surface area contributed by atoms with Crippen LogP contribution in [0.2, 0.25) is 0 Å². The quantitative estimate of drug-likeness (QED) is 0.517. The summed E-state index contributed by atoms with van der Waals surface area (Å²) in [5, 5.41) is 16.7. The highest BCUT2D eigenvalue weighted by Gasteiger charge is 2.14. The Hall–Kier alpha value is -3.41. The molecule has 0 saturated heterocycles. The Balaban J connectivity index is 1.89. The van der Waals surface area contributed by atoms with Crippen molar-refractivity contribution in [3.05, 3.63) is 63.4 Å². The number of nitrogens with zero attached hydrogens (tertiary/aromatic N) is 2. The predicted molar refractivity (Wildman–Crippen MR) is 101 cm³/mol. The monoisotopic (exact) mass is 346 g/mol. The number of hydrogen-bond donors (Lipinski definition) is 3. The van der Waals surface area contributed by atoms with E-state index in [2.05, 4.69) is 20.2 Å². The first-order valence-electron chi connectivity index (χ1n) is 8.30. The fraction of sp³-hybridized carbons (Fsp3) is 0.150. The summed E-state index contributed by atoms with van der Waals surface area (Å²) in [6.45, 7) is 5.66. The molecular formula is C20H18N4O2. The molecule has 0 unspecified atom stereocenters. The van der Waals surface area contributed by atoms with Crippen LogP contribution in [0.25, 0.3) is 33.7 Å². The number of fused-ring (bicyclic) bond motifs is 1. The molecule has 6 nitrogen and oxygen atoms in total. The van der Waals surface area contributed by atoms with Crippen LogP contribution in [0.4, 0.5) is 0 Å². The van der Waals surface area contributed by atoms with Crippen molar-refractivity contribution >= 4 is 11.0 Å². The minimum atomic E-state index is -0.308. The van der Waals surface area contributed by atoms with Gasteiger partial charge in [-0.2, -0.15) is 5.10 Å². The standard InChI is InChI=1S/C20H18N4O2/c1-10-5-4-6-15-17(10)22-19(21-15)14-9-16(23-24-20(14)26)13-7-11(2)18(25)12(3)8-13/h4-9,25H,1-3H3,(H,21,22)(H,24,26). The lowest BCUT2D eigenvalue weighted by atomic mass is 10.0. The maximum absolute atomic E-state index is 12.3. The van der Waals surface area contributed by atoms with Gasteiger partial charge in [-0.1, -0.05) is 12.1 Å². The van der Waals surface area contributed by atoms with E-state index in [0.29, 0.717) is 17.1 Å². The summed E-state index contributed by atoms with van der Waals surface area (Å²) < 4.78 is 0. The van der Waals surface area contributed by atoms with E-state index in [4.69, 9.17) is 0 Å². The van der Waals surface area contributed by atoms with E-state index in [-0.39, 0.29) is 11.3 Å². The van der Waals surface area contributed by atoms with Gasteiger partial charge in [-0.05, 0) is 61.7 Å². The SMILES string of the molecule is Cc1cc(-c2cc(-c3nc4cccc(C)c4[nH]3)c(=O)[nH]n2)cc(C)c1O. The molecule has 0 aliphatic heterocycles. The summed E-state index contributed by atoms with van der Waals surface area (Å²) in [5.74, 6) is 0.776. The van der Waals surface area contributed by atoms with Gasteiger partial charge in [0.15, 0.2) is 0 Å². The van der Waals surface area contributed by atoms with Gasteiger partial charge in [-0.25, -0.2) is 10.1 Å². The number of H-pyrrole nitrogens is 2. The molecule has 0 aliphatic carbocycles. The third kappa shape index (κ3) is 2.56. The molecule has 3 N–H and O–H groups in total. The molecule has 0 spiro atoms. The van der Waals surface area contributed by atoms with Crippen LogP contribution in [-0.4, -0.2) is 25.3 Å². The van der Waals surface area contributed by atoms with Crippen molar-refractivity contribution in [2.75, 3.05) is 0 Å². The summed E-state index contributed by atoms with van der Waals surface area (Å²) in [4.78, 5) is 20.1. The van der Waals surface area contributed by atoms with E-state index < -0.39 is 0 Å². The van der Waals surface area contributed by atoms with Crippen molar-refractivity contribution in [3.63, 3.8) is 0 Å². The maximum Gasteiger partial charge on any atom is 0.275 e. The number of aryl methyl sites for hydroxylation is 3. The number of aromatic hydroxyl groups is 1. The van der Waals surface area contributed by atoms with Crippen molar-refractivity contribution in [2.45, 2.75) is 20.8 Å². The second-order valence-corrected chi connectivity index (χ2v) is 6.51. The lowest BCUT2D eigenvalue weighted by molar-refractivity contribution is 0.467. The Morgan fingerprint density at radius 2 is 1.73 bits per heavy atom. The van der Waals surface area contributed by atoms with Crippen LogP contribution in [0.5, 0.6) is 5.75 Å². The zero-order valence-corrected chi connectivity index (χ0v) is 14.7. The largest absolute Gasteiger partial charge is 0.507 e. The summed E-state index contributed by atoms with van der Waals surface area (Å²) in [5.41, 5.74) is 5.86. The number of para-hydroxylation sites is 1. The van der Waals surface area contributed by atoms with Crippen LogP contribution >= 0.6 is 0 Å². The van der Waals surface area contributed by atoms with Gasteiger partial charge in [0.2, 0.25) is 0 Å². The molecule has 0 fully saturated rings. The Labute approximate surface area is 149 Å². The first kappa shape index (κ1) is 16.1. The van der Waals surface area contributed by atoms with Gasteiger partial charge in [0.05, 0.1) is 22.3 Å². The molecule has 2 aromatic carbocycles. The van der Waals surface area contributed by atoms with Gasteiger partial charge >= 0.3 is 0 Å². The normalized spacial score (nSPS) is 11.2. The summed E-state index contributed by atoms with van der Waals surface area (Å²) in [7, 11) is 0. The minimum Gasteiger partial charge on any atom is -0.507 e. The van der Waals surface area contributed by atoms with Gasteiger partial charge < -0.3 is 10.1 Å². The van der Waals surface area contributed by atoms with Crippen LogP contribution in [0.15, 0.2) is 41.2 Å². The smallest absolute Gasteiger partial charge is 0.275 e. The van der Waals surface area contributed by atoms with Crippen LogP contribution < -0.4 is 5.56 Å². The number of phenols is 1. The van der Waals surface area contributed by atoms with Gasteiger partial charge in [-0.3, -0.25) is 4.79 Å². The van der Waals surface area contributed by atoms with E-state index in [0.717, 1.165) is 33.3 Å². The van der Waals surface area contributed by atoms with Gasteiger partial charge in [0, 0.05) is 5.56 Å². The Kier molecular flexibility index (Phi) is 3.61. The van der Waals surface area contributed by atoms with Crippen molar-refractivity contribution in [3.8, 4) is 28.4 Å². The molecule has 2 heterocycles. The number of aromatic amines is 2. The number of hydrogen-bond acceptors (Lipinski definition) is 4. The van der Waals surface area contributed by atoms with Crippen LogP contribution in [0.1, 0.15) is 16.7 Å². The molecule has 2 aromatic heterocycles. The lowest BCUT2D eigenvalue weighted by Gasteiger charge is -2.08. The molecule has 130 valence electrons. The topological polar surface area (TPSA) is 94.7 Å². The Morgan fingerprint density at radius 3 is 2.42 bits per heavy atom. The molecule has 0 saturated carbocycles. The van der Waals surface area contributed by atoms with Crippen LogP contribution in [-0.2, 0) is 0 Å². The molecule has 6 heteroatoms. The minimum absolute atomic E-state index is 0.270. The molecule has 0 radical (unpaired) electrons. The number of imidazole rings is 1. The van der Waals surface area contributed by atoms with E-state index >= 15 is 0 Å². The molecule has 0 amide bonds. The zero-order valence-electron chi connectivity index (χ0n) is 14.7. The number of phenolic OH excluding ortho intramolecular Hbond substituents is 1. The fourth-order valence-electron chi connectivity index (χ4n) is 3.14. The highest BCUT2D eigenvalue weighted by atomic mass is 16.3. The van der Waals surface area contributed by atoms with Crippen molar-refractivity contribution in [1.29, 1.82) is 0 Å². The number of rotatable bonds is 2. The van der Waals surface area contributed by atoms with Crippen LogP contribution in [0, 0.1) is 20.8 Å². The number of benzene rings is 2. The average molecular weight is 346 g/mol. The van der Waals surface area contributed by atoms with Crippen molar-refractivity contribution in [1.82, 2.24) is 20.2 Å². The Bertz CT molecular complexity index is 1180. The molecular weight excluding hydrogens is 328 g/mol. The van der Waals surface area contributed by atoms with E-state index in [1.165, 1.54) is 0 Å². The molecule has 4 aromatic rings. The third-order valence-corrected chi connectivity index (χ3v) is 4.57. The molecule has 0 atom stereocenters. The first-order chi connectivity index (χ1) is 12.4. The molecule has 4 rings (SSSR count). The highest BCUT2D eigenvalue weighted by molar-refractivity contribution is 5.82. The Morgan fingerprint density at radius 1 is 1.00 bits per heavy atom. The fourth-order valence-corrected chi connectivity index (χ4v) is 3.14. The number of nitrogens with one attached hydrogen (secondary N) is 2. The predicted octanol–water partition coefficient (Wildman–Crippen LogP) is 3.61. The number of aromatic nitrogens is 4. The summed E-state index contributed by atoms with van der Waals surface area (Å²) in [6, 6.07) is 11.2. The second kappa shape index (κ2) is 5.84. The molecule has 0 bridgehead atoms. The highest BCUT2D eigenvalue weighted by Crippen LogP contribution is 2.29. The third-order valence-electron chi connectivity index (χ3n) is 4.57.